The van der Waals surface area contributed by atoms with E-state index in [1.54, 1.807) is 47.9 Å². The smallest absolute Gasteiger partial charge is 0.312 e. The molecule has 0 unspecified atom stereocenters. The molecule has 8 heteroatoms. The van der Waals surface area contributed by atoms with Gasteiger partial charge in [-0.3, -0.25) is 9.20 Å². The largest absolute Gasteiger partial charge is 0.504 e. The first-order valence-electron chi connectivity index (χ1n) is 7.60. The third-order valence-electron chi connectivity index (χ3n) is 3.36. The summed E-state index contributed by atoms with van der Waals surface area (Å²) >= 11 is 5.94. The van der Waals surface area contributed by atoms with E-state index in [9.17, 15) is 9.90 Å². The molecule has 0 saturated carbocycles. The van der Waals surface area contributed by atoms with Crippen LogP contribution in [0.15, 0.2) is 52.8 Å². The van der Waals surface area contributed by atoms with E-state index in [1.165, 1.54) is 6.07 Å². The summed E-state index contributed by atoms with van der Waals surface area (Å²) in [6.45, 7) is 2.00. The lowest BCUT2D eigenvalue weighted by molar-refractivity contribution is -0.142. The van der Waals surface area contributed by atoms with E-state index < -0.39 is 5.97 Å². The van der Waals surface area contributed by atoms with Crippen LogP contribution < -0.4 is 0 Å². The van der Waals surface area contributed by atoms with Crippen LogP contribution in [-0.2, 0) is 16.0 Å². The lowest BCUT2D eigenvalue weighted by atomic mass is 10.3. The second kappa shape index (κ2) is 7.31. The summed E-state index contributed by atoms with van der Waals surface area (Å²) in [6.07, 6.45) is 1.61. The number of rotatable bonds is 5. The van der Waals surface area contributed by atoms with Crippen LogP contribution >= 0.6 is 11.6 Å². The number of ether oxygens (including phenoxy) is 1. The minimum Gasteiger partial charge on any atom is -0.504 e. The molecule has 2 heterocycles. The van der Waals surface area contributed by atoms with Crippen molar-refractivity contribution in [1.29, 1.82) is 0 Å². The van der Waals surface area contributed by atoms with Gasteiger partial charge >= 0.3 is 5.97 Å². The summed E-state index contributed by atoms with van der Waals surface area (Å²) < 4.78 is 6.53. The standard InChI is InChI=1S/C17H15ClN4O3/c1-2-25-15(24)10-13-16(21-20-12-6-3-5-11(18)9-12)22-8-4-7-14(23)17(22)19-13/h3-9,23H,2,10H2,1H3. The Kier molecular flexibility index (Phi) is 4.95. The fraction of sp³-hybridized carbons (Fsp3) is 0.176. The third-order valence-corrected chi connectivity index (χ3v) is 3.59. The number of imidazole rings is 1. The highest BCUT2D eigenvalue weighted by molar-refractivity contribution is 6.30. The number of benzene rings is 1. The maximum Gasteiger partial charge on any atom is 0.312 e. The van der Waals surface area contributed by atoms with Gasteiger partial charge in [0.15, 0.2) is 17.2 Å². The average molecular weight is 359 g/mol. The predicted molar refractivity (Wildman–Crippen MR) is 92.8 cm³/mol. The van der Waals surface area contributed by atoms with Gasteiger partial charge in [-0.15, -0.1) is 10.2 Å². The van der Waals surface area contributed by atoms with Crippen molar-refractivity contribution >= 4 is 34.7 Å². The summed E-state index contributed by atoms with van der Waals surface area (Å²) in [6, 6.07) is 10.1. The fourth-order valence-electron chi connectivity index (χ4n) is 2.30. The maximum atomic E-state index is 11.8. The Morgan fingerprint density at radius 2 is 2.16 bits per heavy atom. The van der Waals surface area contributed by atoms with Crippen molar-refractivity contribution in [2.45, 2.75) is 13.3 Å². The number of aromatic hydroxyl groups is 1. The molecule has 0 aliphatic heterocycles. The van der Waals surface area contributed by atoms with E-state index in [4.69, 9.17) is 16.3 Å². The molecule has 1 aromatic carbocycles. The quantitative estimate of drug-likeness (QED) is 0.546. The van der Waals surface area contributed by atoms with Crippen molar-refractivity contribution in [2.75, 3.05) is 6.61 Å². The molecule has 1 N–H and O–H groups in total. The molecule has 25 heavy (non-hydrogen) atoms. The van der Waals surface area contributed by atoms with Crippen molar-refractivity contribution in [1.82, 2.24) is 9.38 Å². The van der Waals surface area contributed by atoms with Gasteiger partial charge in [0, 0.05) is 11.2 Å². The van der Waals surface area contributed by atoms with Crippen LogP contribution in [0.5, 0.6) is 5.75 Å². The number of carbonyl (C=O) groups excluding carboxylic acids is 1. The number of halogens is 1. The predicted octanol–water partition coefficient (Wildman–Crippen LogP) is 4.21. The van der Waals surface area contributed by atoms with Crippen LogP contribution in [0.3, 0.4) is 0 Å². The third kappa shape index (κ3) is 3.77. The van der Waals surface area contributed by atoms with Crippen LogP contribution in [0.1, 0.15) is 12.6 Å². The van der Waals surface area contributed by atoms with Crippen LogP contribution in [-0.4, -0.2) is 27.1 Å². The Labute approximate surface area is 148 Å². The Hall–Kier alpha value is -2.93. The summed E-state index contributed by atoms with van der Waals surface area (Å²) in [4.78, 5) is 16.1. The molecular weight excluding hydrogens is 344 g/mol. The molecule has 0 bridgehead atoms. The van der Waals surface area contributed by atoms with Crippen molar-refractivity contribution in [3.63, 3.8) is 0 Å². The minimum atomic E-state index is -0.426. The molecule has 3 aromatic rings. The number of aromatic nitrogens is 2. The maximum absolute atomic E-state index is 11.8. The van der Waals surface area contributed by atoms with Gasteiger partial charge in [-0.25, -0.2) is 4.98 Å². The van der Waals surface area contributed by atoms with E-state index >= 15 is 0 Å². The first-order chi connectivity index (χ1) is 12.1. The topological polar surface area (TPSA) is 88.5 Å². The number of pyridine rings is 1. The van der Waals surface area contributed by atoms with E-state index in [0.717, 1.165) is 0 Å². The molecule has 128 valence electrons. The van der Waals surface area contributed by atoms with E-state index in [1.807, 2.05) is 0 Å². The Balaban J connectivity index is 2.04. The molecule has 0 fully saturated rings. The van der Waals surface area contributed by atoms with Gasteiger partial charge in [0.05, 0.1) is 24.4 Å². The first-order valence-corrected chi connectivity index (χ1v) is 7.98. The van der Waals surface area contributed by atoms with Crippen molar-refractivity contribution < 1.29 is 14.6 Å². The molecule has 0 aliphatic carbocycles. The second-order valence-electron chi connectivity index (χ2n) is 5.13. The van der Waals surface area contributed by atoms with Gasteiger partial charge < -0.3 is 9.84 Å². The highest BCUT2D eigenvalue weighted by Crippen LogP contribution is 2.29. The Morgan fingerprint density at radius 3 is 2.92 bits per heavy atom. The highest BCUT2D eigenvalue weighted by Gasteiger charge is 2.18. The zero-order chi connectivity index (χ0) is 17.8. The Morgan fingerprint density at radius 1 is 1.32 bits per heavy atom. The average Bonchev–Trinajstić information content (AvgIpc) is 2.92. The van der Waals surface area contributed by atoms with Crippen LogP contribution in [0.25, 0.3) is 5.65 Å². The van der Waals surface area contributed by atoms with Gasteiger partial charge in [0.1, 0.15) is 0 Å². The van der Waals surface area contributed by atoms with Gasteiger partial charge in [0.25, 0.3) is 0 Å². The number of carbonyl (C=O) groups is 1. The molecule has 0 saturated heterocycles. The van der Waals surface area contributed by atoms with Crippen molar-refractivity contribution in [3.05, 3.63) is 53.3 Å². The molecule has 0 spiro atoms. The summed E-state index contributed by atoms with van der Waals surface area (Å²) in [7, 11) is 0. The number of azo groups is 1. The molecule has 0 radical (unpaired) electrons. The van der Waals surface area contributed by atoms with Crippen LogP contribution in [0.4, 0.5) is 11.5 Å². The van der Waals surface area contributed by atoms with Gasteiger partial charge in [-0.2, -0.15) is 0 Å². The van der Waals surface area contributed by atoms with E-state index in [2.05, 4.69) is 15.2 Å². The lowest BCUT2D eigenvalue weighted by Gasteiger charge is -2.00. The van der Waals surface area contributed by atoms with Gasteiger partial charge in [-0.05, 0) is 37.3 Å². The monoisotopic (exact) mass is 358 g/mol. The molecule has 0 aliphatic rings. The first kappa shape index (κ1) is 16.9. The van der Waals surface area contributed by atoms with Crippen molar-refractivity contribution in [3.8, 4) is 5.75 Å². The van der Waals surface area contributed by atoms with E-state index in [-0.39, 0.29) is 18.8 Å². The minimum absolute atomic E-state index is 0.0168. The number of hydrogen-bond donors (Lipinski definition) is 1. The normalized spacial score (nSPS) is 11.3. The molecule has 0 atom stereocenters. The fourth-order valence-corrected chi connectivity index (χ4v) is 2.49. The zero-order valence-corrected chi connectivity index (χ0v) is 14.1. The summed E-state index contributed by atoms with van der Waals surface area (Å²) in [5.41, 5.74) is 1.22. The SMILES string of the molecule is CCOC(=O)Cc1nc2c(O)cccn2c1N=Nc1cccc(Cl)c1. The Bertz CT molecular complexity index is 952. The number of fused-ring (bicyclic) bond motifs is 1. The van der Waals surface area contributed by atoms with Crippen LogP contribution in [0, 0.1) is 0 Å². The van der Waals surface area contributed by atoms with Gasteiger partial charge in [-0.1, -0.05) is 17.7 Å². The number of nitrogens with zero attached hydrogens (tertiary/aromatic N) is 4. The van der Waals surface area contributed by atoms with Crippen LogP contribution in [0.2, 0.25) is 5.02 Å². The molecular formula is C17H15ClN4O3. The molecule has 7 nitrogen and oxygen atoms in total. The van der Waals surface area contributed by atoms with E-state index in [0.29, 0.717) is 27.9 Å². The van der Waals surface area contributed by atoms with Crippen molar-refractivity contribution in [2.24, 2.45) is 10.2 Å². The highest BCUT2D eigenvalue weighted by atomic mass is 35.5. The number of hydrogen-bond acceptors (Lipinski definition) is 6. The zero-order valence-electron chi connectivity index (χ0n) is 13.4. The molecule has 0 amide bonds. The second-order valence-corrected chi connectivity index (χ2v) is 5.57. The summed E-state index contributed by atoms with van der Waals surface area (Å²) in [5.74, 6) is -0.0969. The molecule has 2 aromatic heterocycles. The lowest BCUT2D eigenvalue weighted by Crippen LogP contribution is -2.07. The van der Waals surface area contributed by atoms with Gasteiger partial charge in [0.2, 0.25) is 0 Å². The summed E-state index contributed by atoms with van der Waals surface area (Å²) in [5, 5.41) is 18.9. The molecule has 3 rings (SSSR count). The number of esters is 1.